The molecule has 0 fully saturated rings. The van der Waals surface area contributed by atoms with Gasteiger partial charge in [-0.05, 0) is 12.8 Å². The summed E-state index contributed by atoms with van der Waals surface area (Å²) in [4.78, 5) is 9.40. The Kier molecular flexibility index (Phi) is 15.3. The Morgan fingerprint density at radius 1 is 0.645 bits per heavy atom. The van der Waals surface area contributed by atoms with Gasteiger partial charge in [0.25, 0.3) is 0 Å². The molecule has 0 amide bonds. The summed E-state index contributed by atoms with van der Waals surface area (Å²) in [7, 11) is 0. The van der Waals surface area contributed by atoms with Gasteiger partial charge in [0.15, 0.2) is 0 Å². The molecule has 0 aliphatic heterocycles. The largest absolute Gasteiger partial charge is 0.544 e. The fourth-order valence-corrected chi connectivity index (χ4v) is 2.52. The molecule has 0 spiro atoms. The molecule has 0 rings (SSSR count). The highest BCUT2D eigenvalue weighted by Crippen LogP contribution is 2.52. The van der Waals surface area contributed by atoms with Gasteiger partial charge in [0.1, 0.15) is 5.97 Å². The van der Waals surface area contributed by atoms with Gasteiger partial charge in [-0.2, -0.15) is 39.5 Å². The van der Waals surface area contributed by atoms with Crippen molar-refractivity contribution in [3.8, 4) is 0 Å². The maximum atomic E-state index is 12.1. The Balaban J connectivity index is 0. The predicted octanol–water partition coefficient (Wildman–Crippen LogP) is 5.13. The molecule has 12 heteroatoms. The van der Waals surface area contributed by atoms with E-state index < -0.39 is 29.9 Å². The van der Waals surface area contributed by atoms with Gasteiger partial charge in [-0.1, -0.05) is 71.1 Å². The van der Waals surface area contributed by atoms with Gasteiger partial charge in [-0.25, -0.2) is 0 Å². The van der Waals surface area contributed by atoms with Gasteiger partial charge < -0.3 is 15.6 Å². The zero-order chi connectivity index (χ0) is 24.8. The lowest BCUT2D eigenvalue weighted by Gasteiger charge is -2.33. The number of hydrogen-bond acceptors (Lipinski definition) is 2. The quantitative estimate of drug-likeness (QED) is 0.262. The maximum absolute atomic E-state index is 12.1. The smallest absolute Gasteiger partial charge is 0.460 e. The summed E-state index contributed by atoms with van der Waals surface area (Å²) in [6, 6.07) is 0. The second kappa shape index (κ2) is 14.8. The molecule has 3 N–H and O–H groups in total. The normalized spacial score (nSPS) is 13.0. The molecule has 0 unspecified atom stereocenters. The minimum atomic E-state index is -7.20. The van der Waals surface area contributed by atoms with Crippen molar-refractivity contribution in [3.05, 3.63) is 0 Å². The Labute approximate surface area is 176 Å². The van der Waals surface area contributed by atoms with E-state index in [1.807, 2.05) is 0 Å². The fraction of sp³-hybridized carbons (Fsp3) is 0.947. The molecule has 0 saturated carbocycles. The maximum Gasteiger partial charge on any atom is 0.460 e. The minimum absolute atomic E-state index is 1.12. The lowest BCUT2D eigenvalue weighted by Crippen LogP contribution is -2.65. The summed E-state index contributed by atoms with van der Waals surface area (Å²) in [6.45, 7) is 3.41. The fourth-order valence-electron chi connectivity index (χ4n) is 2.52. The highest BCUT2D eigenvalue weighted by atomic mass is 19.4. The first-order valence-corrected chi connectivity index (χ1v) is 10.3. The summed E-state index contributed by atoms with van der Waals surface area (Å²) in [5.41, 5.74) is 3.87. The Morgan fingerprint density at radius 3 is 1.23 bits per heavy atom. The SMILES string of the molecule is CCCCCCCCCCCCCC[NH3+].O=C([O-])C(F)(F)C(F)(F)C(F)(F)C(F)(F)F. The molecule has 0 aliphatic rings. The molecule has 0 radical (unpaired) electrons. The molecule has 0 aromatic carbocycles. The first kappa shape index (κ1) is 32.0. The summed E-state index contributed by atoms with van der Waals surface area (Å²) in [6.07, 6.45) is 10.2. The van der Waals surface area contributed by atoms with Crippen LogP contribution < -0.4 is 10.8 Å². The number of carbonyl (C=O) groups is 1. The van der Waals surface area contributed by atoms with Gasteiger partial charge in [-0.15, -0.1) is 0 Å². The number of alkyl halides is 9. The topological polar surface area (TPSA) is 67.8 Å². The van der Waals surface area contributed by atoms with E-state index in [9.17, 15) is 49.4 Å². The van der Waals surface area contributed by atoms with E-state index in [4.69, 9.17) is 0 Å². The third kappa shape index (κ3) is 10.8. The molecule has 0 atom stereocenters. The third-order valence-corrected chi connectivity index (χ3v) is 4.50. The number of carboxylic acid groups (broad SMARTS) is 1. The monoisotopic (exact) mass is 477 g/mol. The number of quaternary nitrogens is 1. The van der Waals surface area contributed by atoms with Gasteiger partial charge in [0.2, 0.25) is 0 Å². The number of halogens is 9. The van der Waals surface area contributed by atoms with Crippen molar-refractivity contribution in [2.75, 3.05) is 6.54 Å². The van der Waals surface area contributed by atoms with Crippen LogP contribution in [0.2, 0.25) is 0 Å². The lowest BCUT2D eigenvalue weighted by atomic mass is 10.0. The second-order valence-corrected chi connectivity index (χ2v) is 7.25. The van der Waals surface area contributed by atoms with Crippen molar-refractivity contribution in [3.63, 3.8) is 0 Å². The Morgan fingerprint density at radius 2 is 0.968 bits per heavy atom. The van der Waals surface area contributed by atoms with Crippen molar-refractivity contribution in [1.82, 2.24) is 0 Å². The predicted molar refractivity (Wildman–Crippen MR) is 94.7 cm³/mol. The zero-order valence-electron chi connectivity index (χ0n) is 17.6. The van der Waals surface area contributed by atoms with Crippen LogP contribution in [-0.2, 0) is 4.79 Å². The van der Waals surface area contributed by atoms with E-state index in [0.29, 0.717) is 0 Å². The summed E-state index contributed by atoms with van der Waals surface area (Å²) in [5, 5.41) is 9.40. The van der Waals surface area contributed by atoms with Crippen LogP contribution in [-0.4, -0.2) is 36.5 Å². The van der Waals surface area contributed by atoms with E-state index in [1.54, 1.807) is 0 Å². The van der Waals surface area contributed by atoms with Crippen molar-refractivity contribution in [1.29, 1.82) is 0 Å². The number of carbonyl (C=O) groups excluding carboxylic acids is 1. The van der Waals surface area contributed by atoms with Gasteiger partial charge in [0, 0.05) is 0 Å². The molecule has 0 saturated heterocycles. The van der Waals surface area contributed by atoms with Gasteiger partial charge in [0.05, 0.1) is 6.54 Å². The number of rotatable bonds is 15. The van der Waals surface area contributed by atoms with Crippen LogP contribution in [0.4, 0.5) is 39.5 Å². The van der Waals surface area contributed by atoms with E-state index in [0.717, 1.165) is 6.54 Å². The number of hydrogen-bond donors (Lipinski definition) is 1. The highest BCUT2D eigenvalue weighted by Gasteiger charge is 2.82. The summed E-state index contributed by atoms with van der Waals surface area (Å²) >= 11 is 0. The van der Waals surface area contributed by atoms with E-state index in [1.165, 1.54) is 77.0 Å². The molecule has 0 bridgehead atoms. The lowest BCUT2D eigenvalue weighted by molar-refractivity contribution is -0.410. The van der Waals surface area contributed by atoms with Gasteiger partial charge in [-0.3, -0.25) is 0 Å². The summed E-state index contributed by atoms with van der Waals surface area (Å²) < 4.78 is 106. The Bertz CT molecular complexity index is 471. The average molecular weight is 477 g/mol. The number of unbranched alkanes of at least 4 members (excludes halogenated alkanes) is 11. The Hall–Kier alpha value is -1.20. The van der Waals surface area contributed by atoms with Crippen LogP contribution in [0.3, 0.4) is 0 Å². The van der Waals surface area contributed by atoms with E-state index in [2.05, 4.69) is 12.7 Å². The van der Waals surface area contributed by atoms with Crippen LogP contribution in [0.15, 0.2) is 0 Å². The molecule has 0 aromatic rings. The second-order valence-electron chi connectivity index (χ2n) is 7.25. The van der Waals surface area contributed by atoms with Crippen molar-refractivity contribution in [2.24, 2.45) is 0 Å². The zero-order valence-corrected chi connectivity index (χ0v) is 17.6. The third-order valence-electron chi connectivity index (χ3n) is 4.50. The number of carboxylic acids is 1. The number of aliphatic carboxylic acids is 1. The molecule has 0 heterocycles. The first-order valence-electron chi connectivity index (χ1n) is 10.3. The van der Waals surface area contributed by atoms with Crippen molar-refractivity contribution in [2.45, 2.75) is 108 Å². The molecule has 3 nitrogen and oxygen atoms in total. The summed E-state index contributed by atoms with van der Waals surface area (Å²) in [5.74, 6) is -25.1. The molecule has 31 heavy (non-hydrogen) atoms. The van der Waals surface area contributed by atoms with Crippen LogP contribution in [0.5, 0.6) is 0 Å². The first-order chi connectivity index (χ1) is 14.1. The van der Waals surface area contributed by atoms with Crippen LogP contribution in [0.25, 0.3) is 0 Å². The minimum Gasteiger partial charge on any atom is -0.544 e. The standard InChI is InChI=1S/C14H31N.C5HF9O2/c1-2-3-4-5-6-7-8-9-10-11-12-13-14-15;6-2(7,1(15)16)3(8,9)4(10,11)5(12,13)14/h2-15H2,1H3;(H,15,16). The molecular weight excluding hydrogens is 445 g/mol. The van der Waals surface area contributed by atoms with Crippen LogP contribution >= 0.6 is 0 Å². The van der Waals surface area contributed by atoms with Crippen LogP contribution in [0.1, 0.15) is 84.0 Å². The van der Waals surface area contributed by atoms with Gasteiger partial charge >= 0.3 is 23.9 Å². The van der Waals surface area contributed by atoms with E-state index in [-0.39, 0.29) is 0 Å². The van der Waals surface area contributed by atoms with Crippen molar-refractivity contribution < 1.29 is 55.1 Å². The molecule has 0 aliphatic carbocycles. The molecular formula is C19H32F9NO2. The molecule has 0 aromatic heterocycles. The highest BCUT2D eigenvalue weighted by molar-refractivity contribution is 5.74. The average Bonchev–Trinajstić information content (AvgIpc) is 2.65. The van der Waals surface area contributed by atoms with Crippen LogP contribution in [0, 0.1) is 0 Å². The van der Waals surface area contributed by atoms with Crippen molar-refractivity contribution >= 4 is 5.97 Å². The van der Waals surface area contributed by atoms with E-state index >= 15 is 0 Å². The molecule has 188 valence electrons.